The first kappa shape index (κ1) is 28.1. The Kier molecular flexibility index (Phi) is 11.3. The van der Waals surface area contributed by atoms with E-state index in [0.717, 1.165) is 11.1 Å². The molecular weight excluding hydrogens is 475 g/mol. The molecule has 0 fully saturated rings. The maximum atomic E-state index is 13.3. The second-order valence-electron chi connectivity index (χ2n) is 9.31. The molecule has 8 heteroatoms. The molecule has 0 bridgehead atoms. The van der Waals surface area contributed by atoms with Crippen molar-refractivity contribution in [3.8, 4) is 0 Å². The van der Waals surface area contributed by atoms with Crippen molar-refractivity contribution in [2.24, 2.45) is 11.8 Å². The molecule has 0 aliphatic carbocycles. The molecule has 1 aliphatic rings. The number of halogens is 1. The number of amides is 2. The molecule has 2 aromatic rings. The smallest absolute Gasteiger partial charge is 0.309 e. The van der Waals surface area contributed by atoms with Crippen LogP contribution >= 0.6 is 0 Å². The zero-order chi connectivity index (χ0) is 26.5. The molecule has 0 radical (unpaired) electrons. The van der Waals surface area contributed by atoms with Crippen LogP contribution in [0.1, 0.15) is 36.8 Å². The van der Waals surface area contributed by atoms with Gasteiger partial charge in [0.2, 0.25) is 11.8 Å². The largest absolute Gasteiger partial charge is 0.463 e. The average molecular weight is 511 g/mol. The summed E-state index contributed by atoms with van der Waals surface area (Å²) < 4.78 is 19.0. The van der Waals surface area contributed by atoms with E-state index in [4.69, 9.17) is 9.84 Å². The van der Waals surface area contributed by atoms with E-state index >= 15 is 0 Å². The third-order valence-corrected chi connectivity index (χ3v) is 6.33. The molecule has 0 saturated carbocycles. The zero-order valence-electron chi connectivity index (χ0n) is 20.9. The second kappa shape index (κ2) is 14.9. The van der Waals surface area contributed by atoms with Crippen LogP contribution in [0.5, 0.6) is 0 Å². The summed E-state index contributed by atoms with van der Waals surface area (Å²) in [7, 11) is 0. The van der Waals surface area contributed by atoms with Gasteiger partial charge >= 0.3 is 5.97 Å². The minimum absolute atomic E-state index is 0.00373. The van der Waals surface area contributed by atoms with Crippen molar-refractivity contribution in [1.29, 1.82) is 0 Å². The van der Waals surface area contributed by atoms with E-state index in [1.165, 1.54) is 12.1 Å². The Morgan fingerprint density at radius 3 is 2.46 bits per heavy atom. The summed E-state index contributed by atoms with van der Waals surface area (Å²) in [4.78, 5) is 38.5. The summed E-state index contributed by atoms with van der Waals surface area (Å²) in [6.45, 7) is -0.0482. The quantitative estimate of drug-likeness (QED) is 0.374. The summed E-state index contributed by atoms with van der Waals surface area (Å²) in [5, 5.41) is 14.6. The predicted molar refractivity (Wildman–Crippen MR) is 138 cm³/mol. The van der Waals surface area contributed by atoms with Crippen LogP contribution in [-0.4, -0.2) is 48.7 Å². The zero-order valence-corrected chi connectivity index (χ0v) is 20.9. The van der Waals surface area contributed by atoms with Crippen LogP contribution in [0.3, 0.4) is 0 Å². The van der Waals surface area contributed by atoms with Gasteiger partial charge in [-0.1, -0.05) is 54.6 Å². The maximum absolute atomic E-state index is 13.3. The number of aliphatic hydroxyl groups excluding tert-OH is 1. The molecule has 1 heterocycles. The lowest BCUT2D eigenvalue weighted by Crippen LogP contribution is -2.44. The Balaban J connectivity index is 1.77. The van der Waals surface area contributed by atoms with Gasteiger partial charge in [0.25, 0.3) is 0 Å². The number of hydrogen-bond donors (Lipinski definition) is 3. The van der Waals surface area contributed by atoms with Gasteiger partial charge in [-0.05, 0) is 55.4 Å². The number of carbonyl (C=O) groups is 3. The topological polar surface area (TPSA) is 105 Å². The first-order chi connectivity index (χ1) is 17.9. The lowest BCUT2D eigenvalue weighted by Gasteiger charge is -2.23. The van der Waals surface area contributed by atoms with Crippen molar-refractivity contribution >= 4 is 17.8 Å². The van der Waals surface area contributed by atoms with Gasteiger partial charge in [0.05, 0.1) is 24.5 Å². The van der Waals surface area contributed by atoms with E-state index in [0.29, 0.717) is 32.1 Å². The monoisotopic (exact) mass is 510 g/mol. The molecule has 7 nitrogen and oxygen atoms in total. The van der Waals surface area contributed by atoms with Crippen LogP contribution in [0.15, 0.2) is 66.7 Å². The Morgan fingerprint density at radius 2 is 1.73 bits per heavy atom. The molecule has 198 valence electrons. The van der Waals surface area contributed by atoms with Gasteiger partial charge in [-0.25, -0.2) is 4.39 Å². The summed E-state index contributed by atoms with van der Waals surface area (Å²) in [5.74, 6) is -2.30. The molecule has 3 N–H and O–H groups in total. The standard InChI is InChI=1S/C29H35FN2O5/c30-25-13-11-22(12-14-25)17-24-10-6-2-5-9-23(19-27(34)31-15-16-33)28(35)32-26(20-37-29(24)36)18-21-7-3-1-4-8-21/h1-5,7-8,11-14,23-24,26,33H,6,9-10,15-20H2,(H,31,34)(H,32,35)/b5-2-/t23-,24-,26+/m0/s1. The number of allylic oxidation sites excluding steroid dienone is 2. The highest BCUT2D eigenvalue weighted by Crippen LogP contribution is 2.19. The van der Waals surface area contributed by atoms with Crippen molar-refractivity contribution in [2.75, 3.05) is 19.8 Å². The van der Waals surface area contributed by atoms with E-state index in [9.17, 15) is 18.8 Å². The van der Waals surface area contributed by atoms with Crippen LogP contribution < -0.4 is 10.6 Å². The third-order valence-electron chi connectivity index (χ3n) is 6.33. The number of carbonyl (C=O) groups excluding carboxylic acids is 3. The normalized spacial score (nSPS) is 21.9. The summed E-state index contributed by atoms with van der Waals surface area (Å²) in [5.41, 5.74) is 1.83. The first-order valence-electron chi connectivity index (χ1n) is 12.7. The molecule has 2 amide bonds. The van der Waals surface area contributed by atoms with Gasteiger partial charge in [0.15, 0.2) is 0 Å². The summed E-state index contributed by atoms with van der Waals surface area (Å²) >= 11 is 0. The average Bonchev–Trinajstić information content (AvgIpc) is 2.90. The molecular formula is C29H35FN2O5. The maximum Gasteiger partial charge on any atom is 0.309 e. The van der Waals surface area contributed by atoms with Crippen molar-refractivity contribution in [3.05, 3.63) is 83.7 Å². The van der Waals surface area contributed by atoms with Gasteiger partial charge in [0, 0.05) is 13.0 Å². The number of nitrogens with one attached hydrogen (secondary N) is 2. The fraction of sp³-hybridized carbons (Fsp3) is 0.414. The fourth-order valence-corrected chi connectivity index (χ4v) is 4.33. The lowest BCUT2D eigenvalue weighted by atomic mass is 9.94. The Hall–Kier alpha value is -3.52. The summed E-state index contributed by atoms with van der Waals surface area (Å²) in [6.07, 6.45) is 6.16. The van der Waals surface area contributed by atoms with Crippen LogP contribution in [0, 0.1) is 17.7 Å². The number of esters is 1. The van der Waals surface area contributed by atoms with Gasteiger partial charge in [0.1, 0.15) is 12.4 Å². The second-order valence-corrected chi connectivity index (χ2v) is 9.31. The van der Waals surface area contributed by atoms with E-state index in [2.05, 4.69) is 10.6 Å². The minimum Gasteiger partial charge on any atom is -0.463 e. The summed E-state index contributed by atoms with van der Waals surface area (Å²) in [6, 6.07) is 15.2. The Labute approximate surface area is 217 Å². The predicted octanol–water partition coefficient (Wildman–Crippen LogP) is 3.11. The van der Waals surface area contributed by atoms with E-state index in [1.54, 1.807) is 12.1 Å². The molecule has 0 aromatic heterocycles. The highest BCUT2D eigenvalue weighted by Gasteiger charge is 2.26. The van der Waals surface area contributed by atoms with Gasteiger partial charge < -0.3 is 20.5 Å². The first-order valence-corrected chi connectivity index (χ1v) is 12.7. The van der Waals surface area contributed by atoms with Crippen molar-refractivity contribution in [2.45, 2.75) is 44.6 Å². The fourth-order valence-electron chi connectivity index (χ4n) is 4.33. The van der Waals surface area contributed by atoms with E-state index < -0.39 is 17.9 Å². The van der Waals surface area contributed by atoms with E-state index in [1.807, 2.05) is 42.5 Å². The number of hydrogen-bond acceptors (Lipinski definition) is 5. The highest BCUT2D eigenvalue weighted by molar-refractivity contribution is 5.86. The van der Waals surface area contributed by atoms with Gasteiger partial charge in [-0.3, -0.25) is 14.4 Å². The van der Waals surface area contributed by atoms with Gasteiger partial charge in [-0.15, -0.1) is 0 Å². The Morgan fingerprint density at radius 1 is 1.00 bits per heavy atom. The number of benzene rings is 2. The number of aliphatic hydroxyl groups is 1. The molecule has 37 heavy (non-hydrogen) atoms. The molecule has 1 aliphatic heterocycles. The van der Waals surface area contributed by atoms with Gasteiger partial charge in [-0.2, -0.15) is 0 Å². The van der Waals surface area contributed by atoms with E-state index in [-0.39, 0.29) is 49.8 Å². The minimum atomic E-state index is -0.598. The van der Waals surface area contributed by atoms with Crippen LogP contribution in [-0.2, 0) is 32.0 Å². The van der Waals surface area contributed by atoms with Crippen LogP contribution in [0.4, 0.5) is 4.39 Å². The van der Waals surface area contributed by atoms with Crippen molar-refractivity contribution in [3.63, 3.8) is 0 Å². The van der Waals surface area contributed by atoms with Crippen molar-refractivity contribution in [1.82, 2.24) is 10.6 Å². The molecule has 3 rings (SSSR count). The SMILES string of the molecule is O=C(C[C@@H]1C/C=C\CC[C@@H](Cc2ccc(F)cc2)C(=O)OC[C@@H](Cc2ccccc2)NC1=O)NCCO. The highest BCUT2D eigenvalue weighted by atomic mass is 19.1. The van der Waals surface area contributed by atoms with Crippen molar-refractivity contribution < 1.29 is 28.6 Å². The van der Waals surface area contributed by atoms with Crippen LogP contribution in [0.25, 0.3) is 0 Å². The number of cyclic esters (lactones) is 1. The van der Waals surface area contributed by atoms with Crippen LogP contribution in [0.2, 0.25) is 0 Å². The molecule has 0 spiro atoms. The third kappa shape index (κ3) is 9.80. The molecule has 2 aromatic carbocycles. The number of ether oxygens (including phenoxy) is 1. The Bertz CT molecular complexity index is 1040. The molecule has 0 unspecified atom stereocenters. The molecule has 0 saturated heterocycles. The number of rotatable bonds is 8. The molecule has 3 atom stereocenters. The lowest BCUT2D eigenvalue weighted by molar-refractivity contribution is -0.150.